The molecule has 0 bridgehead atoms. The molecule has 0 nitrogen and oxygen atoms in total. The lowest BCUT2D eigenvalue weighted by molar-refractivity contribution is -0.143. The first-order valence-corrected chi connectivity index (χ1v) is 3.65. The Morgan fingerprint density at radius 2 is 1.07 bits per heavy atom. The van der Waals surface area contributed by atoms with Gasteiger partial charge in [-0.1, -0.05) is 0 Å². The normalized spacial score (nSPS) is 13.0. The average molecular weight is 226 g/mol. The second kappa shape index (κ2) is 3.43. The van der Waals surface area contributed by atoms with Crippen molar-refractivity contribution in [2.45, 2.75) is 12.4 Å². The van der Waals surface area contributed by atoms with Gasteiger partial charge in [-0.05, 0) is 30.7 Å². The largest absolute Gasteiger partial charge is 0.416 e. The lowest BCUT2D eigenvalue weighted by Gasteiger charge is -2.12. The van der Waals surface area contributed by atoms with Crippen LogP contribution in [0.2, 0.25) is 0 Å². The van der Waals surface area contributed by atoms with Gasteiger partial charge in [0.1, 0.15) is 0 Å². The molecule has 0 saturated carbocycles. The van der Waals surface area contributed by atoms with Crippen molar-refractivity contribution in [3.05, 3.63) is 41.8 Å². The van der Waals surface area contributed by atoms with E-state index in [4.69, 9.17) is 6.92 Å². The highest BCUT2D eigenvalue weighted by atomic mass is 19.4. The summed E-state index contributed by atoms with van der Waals surface area (Å²) in [5, 5.41) is 0. The molecule has 0 heterocycles. The number of rotatable bonds is 0. The Morgan fingerprint density at radius 3 is 1.33 bits per heavy atom. The molecular formula is C9H4F6. The molecule has 0 spiro atoms. The summed E-state index contributed by atoms with van der Waals surface area (Å²) in [5.41, 5.74) is -3.39. The number of benzene rings is 1. The molecule has 1 aromatic carbocycles. The maximum Gasteiger partial charge on any atom is 0.416 e. The molecule has 82 valence electrons. The standard InChI is InChI=1S/C9H4F6/c1-5-2-6(8(10,11)12)4-7(3-5)9(13,14)15/h1-4H. The van der Waals surface area contributed by atoms with Gasteiger partial charge in [-0.3, -0.25) is 0 Å². The van der Waals surface area contributed by atoms with Crippen LogP contribution >= 0.6 is 0 Å². The van der Waals surface area contributed by atoms with E-state index in [1.165, 1.54) is 0 Å². The number of alkyl halides is 6. The zero-order chi connectivity index (χ0) is 11.9. The summed E-state index contributed by atoms with van der Waals surface area (Å²) in [6, 6.07) is 0.931. The number of hydrogen-bond donors (Lipinski definition) is 0. The Kier molecular flexibility index (Phi) is 2.71. The number of halogens is 6. The first-order valence-electron chi connectivity index (χ1n) is 3.65. The fraction of sp³-hybridized carbons (Fsp3) is 0.222. The van der Waals surface area contributed by atoms with E-state index in [0.29, 0.717) is 12.1 Å². The maximum atomic E-state index is 12.1. The van der Waals surface area contributed by atoms with Crippen LogP contribution in [-0.4, -0.2) is 0 Å². The molecule has 1 rings (SSSR count). The van der Waals surface area contributed by atoms with Crippen LogP contribution in [0.1, 0.15) is 16.7 Å². The quantitative estimate of drug-likeness (QED) is 0.590. The van der Waals surface area contributed by atoms with Crippen LogP contribution in [0.3, 0.4) is 0 Å². The summed E-state index contributed by atoms with van der Waals surface area (Å²) in [5.74, 6) is 0. The molecule has 0 aliphatic carbocycles. The highest BCUT2D eigenvalue weighted by molar-refractivity contribution is 5.34. The topological polar surface area (TPSA) is 0 Å². The van der Waals surface area contributed by atoms with E-state index >= 15 is 0 Å². The summed E-state index contributed by atoms with van der Waals surface area (Å²) in [4.78, 5) is 0. The first kappa shape index (κ1) is 11.9. The van der Waals surface area contributed by atoms with Gasteiger partial charge in [0.25, 0.3) is 0 Å². The fourth-order valence-electron chi connectivity index (χ4n) is 0.979. The van der Waals surface area contributed by atoms with E-state index in [2.05, 4.69) is 0 Å². The SMILES string of the molecule is [CH]c1cc(C(F)(F)F)cc(C(F)(F)F)c1. The maximum absolute atomic E-state index is 12.1. The average Bonchev–Trinajstić information content (AvgIpc) is 1.99. The van der Waals surface area contributed by atoms with Gasteiger partial charge in [-0.2, -0.15) is 26.3 Å². The van der Waals surface area contributed by atoms with Crippen molar-refractivity contribution in [1.82, 2.24) is 0 Å². The zero-order valence-corrected chi connectivity index (χ0v) is 7.08. The van der Waals surface area contributed by atoms with Crippen molar-refractivity contribution in [3.8, 4) is 0 Å². The Bertz CT molecular complexity index is 328. The van der Waals surface area contributed by atoms with Gasteiger partial charge >= 0.3 is 12.4 Å². The molecule has 0 atom stereocenters. The van der Waals surface area contributed by atoms with E-state index in [0.717, 1.165) is 0 Å². The summed E-state index contributed by atoms with van der Waals surface area (Å²) in [7, 11) is 0. The third-order valence-corrected chi connectivity index (χ3v) is 1.61. The van der Waals surface area contributed by atoms with Crippen molar-refractivity contribution in [3.63, 3.8) is 0 Å². The van der Waals surface area contributed by atoms with Crippen LogP contribution < -0.4 is 0 Å². The predicted molar refractivity (Wildman–Crippen MR) is 39.8 cm³/mol. The van der Waals surface area contributed by atoms with Crippen LogP contribution in [0.25, 0.3) is 0 Å². The van der Waals surface area contributed by atoms with Crippen LogP contribution in [0.5, 0.6) is 0 Å². The van der Waals surface area contributed by atoms with Gasteiger partial charge < -0.3 is 0 Å². The summed E-state index contributed by atoms with van der Waals surface area (Å²) >= 11 is 0. The Hall–Kier alpha value is -1.20. The van der Waals surface area contributed by atoms with Crippen molar-refractivity contribution >= 4 is 0 Å². The number of hydrogen-bond acceptors (Lipinski definition) is 0. The van der Waals surface area contributed by atoms with Gasteiger partial charge in [-0.15, -0.1) is 0 Å². The molecule has 0 saturated heterocycles. The molecule has 0 aliphatic rings. The summed E-state index contributed by atoms with van der Waals surface area (Å²) in [6.45, 7) is 4.95. The van der Waals surface area contributed by atoms with Crippen molar-refractivity contribution in [1.29, 1.82) is 0 Å². The molecule has 6 heteroatoms. The molecular weight excluding hydrogens is 222 g/mol. The second-order valence-electron chi connectivity index (χ2n) is 2.84. The van der Waals surface area contributed by atoms with E-state index in [1.54, 1.807) is 0 Å². The highest BCUT2D eigenvalue weighted by Crippen LogP contribution is 2.35. The lowest BCUT2D eigenvalue weighted by atomic mass is 10.1. The molecule has 0 aromatic heterocycles. The van der Waals surface area contributed by atoms with E-state index < -0.39 is 29.0 Å². The predicted octanol–water partition coefficient (Wildman–Crippen LogP) is 3.78. The first-order chi connectivity index (χ1) is 6.60. The molecule has 0 aliphatic heterocycles. The highest BCUT2D eigenvalue weighted by Gasteiger charge is 2.36. The monoisotopic (exact) mass is 226 g/mol. The van der Waals surface area contributed by atoms with Crippen LogP contribution in [-0.2, 0) is 12.4 Å². The van der Waals surface area contributed by atoms with E-state index in [1.807, 2.05) is 0 Å². The van der Waals surface area contributed by atoms with Crippen LogP contribution in [0.15, 0.2) is 18.2 Å². The molecule has 0 unspecified atom stereocenters. The minimum absolute atomic E-state index is 0.0242. The Morgan fingerprint density at radius 1 is 0.733 bits per heavy atom. The van der Waals surface area contributed by atoms with Gasteiger partial charge in [0, 0.05) is 0 Å². The molecule has 0 fully saturated rings. The van der Waals surface area contributed by atoms with Crippen LogP contribution in [0, 0.1) is 6.92 Å². The lowest BCUT2D eigenvalue weighted by Crippen LogP contribution is -2.11. The second-order valence-corrected chi connectivity index (χ2v) is 2.84. The summed E-state index contributed by atoms with van der Waals surface area (Å²) < 4.78 is 72.7. The fourth-order valence-corrected chi connectivity index (χ4v) is 0.979. The van der Waals surface area contributed by atoms with Gasteiger partial charge in [0.2, 0.25) is 0 Å². The zero-order valence-electron chi connectivity index (χ0n) is 7.08. The molecule has 0 amide bonds. The Labute approximate surface area is 81.5 Å². The van der Waals surface area contributed by atoms with Crippen molar-refractivity contribution < 1.29 is 26.3 Å². The van der Waals surface area contributed by atoms with E-state index in [9.17, 15) is 26.3 Å². The van der Waals surface area contributed by atoms with Crippen molar-refractivity contribution in [2.24, 2.45) is 0 Å². The third-order valence-electron chi connectivity index (χ3n) is 1.61. The van der Waals surface area contributed by atoms with Crippen LogP contribution in [0.4, 0.5) is 26.3 Å². The van der Waals surface area contributed by atoms with Gasteiger partial charge in [-0.25, -0.2) is 0 Å². The Balaban J connectivity index is 3.30. The minimum atomic E-state index is -4.84. The van der Waals surface area contributed by atoms with Gasteiger partial charge in [0.05, 0.1) is 11.1 Å². The molecule has 1 aromatic rings. The molecule has 0 N–H and O–H groups in total. The minimum Gasteiger partial charge on any atom is -0.166 e. The smallest absolute Gasteiger partial charge is 0.166 e. The summed E-state index contributed by atoms with van der Waals surface area (Å²) in [6.07, 6.45) is -9.68. The van der Waals surface area contributed by atoms with Gasteiger partial charge in [0.15, 0.2) is 0 Å². The molecule has 2 radical (unpaired) electrons. The third kappa shape index (κ3) is 2.87. The van der Waals surface area contributed by atoms with Crippen molar-refractivity contribution in [2.75, 3.05) is 0 Å². The van der Waals surface area contributed by atoms with E-state index in [-0.39, 0.29) is 6.07 Å². The molecule has 15 heavy (non-hydrogen) atoms.